The predicted octanol–water partition coefficient (Wildman–Crippen LogP) is 3.00. The van der Waals surface area contributed by atoms with Crippen LogP contribution in [0.2, 0.25) is 0 Å². The molecule has 2 aromatic rings. The summed E-state index contributed by atoms with van der Waals surface area (Å²) < 4.78 is 2.37. The van der Waals surface area contributed by atoms with Crippen molar-refractivity contribution in [3.8, 4) is 11.4 Å². The molecule has 0 radical (unpaired) electrons. The van der Waals surface area contributed by atoms with E-state index in [1.165, 1.54) is 0 Å². The molecule has 19 heavy (non-hydrogen) atoms. The van der Waals surface area contributed by atoms with E-state index in [0.717, 1.165) is 5.69 Å². The maximum atomic E-state index is 12.2. The quantitative estimate of drug-likeness (QED) is 0.848. The minimum atomic E-state index is -0.137. The molecule has 0 saturated carbocycles. The van der Waals surface area contributed by atoms with Gasteiger partial charge in [-0.05, 0) is 44.1 Å². The number of hydrogen-bond donors (Lipinski definition) is 2. The van der Waals surface area contributed by atoms with Gasteiger partial charge in [-0.25, -0.2) is 0 Å². The van der Waals surface area contributed by atoms with E-state index in [1.807, 2.05) is 38.3 Å². The Morgan fingerprint density at radius 3 is 2.47 bits per heavy atom. The summed E-state index contributed by atoms with van der Waals surface area (Å²) in [5.41, 5.74) is 1.31. The van der Waals surface area contributed by atoms with Crippen LogP contribution in [0.15, 0.2) is 16.9 Å². The number of aromatic amines is 2. The summed E-state index contributed by atoms with van der Waals surface area (Å²) in [5, 5.41) is 6.91. The zero-order chi connectivity index (χ0) is 14.2. The van der Waals surface area contributed by atoms with Gasteiger partial charge in [0.15, 0.2) is 10.6 Å². The van der Waals surface area contributed by atoms with Crippen molar-refractivity contribution in [2.24, 2.45) is 0 Å². The van der Waals surface area contributed by atoms with Crippen LogP contribution in [0.1, 0.15) is 45.3 Å². The van der Waals surface area contributed by atoms with Crippen LogP contribution >= 0.6 is 12.2 Å². The van der Waals surface area contributed by atoms with Crippen molar-refractivity contribution in [3.05, 3.63) is 33.0 Å². The normalized spacial score (nSPS) is 11.5. The summed E-state index contributed by atoms with van der Waals surface area (Å²) in [5.74, 6) is 0.865. The second kappa shape index (κ2) is 5.13. The third-order valence-corrected chi connectivity index (χ3v) is 3.30. The summed E-state index contributed by atoms with van der Waals surface area (Å²) in [6.07, 6.45) is 0. The number of hydrogen-bond acceptors (Lipinski definition) is 3. The van der Waals surface area contributed by atoms with Crippen LogP contribution in [-0.2, 0) is 0 Å². The molecule has 0 spiro atoms. The molecule has 0 aliphatic rings. The Morgan fingerprint density at radius 2 is 1.95 bits per heavy atom. The molecule has 2 rings (SSSR count). The standard InChI is InChI=1S/C13H18N4OS/c1-7(2)10-6-5-9(12(18)14-10)11-15-16-13(19)17(11)8(3)4/h5-8H,1-4H3,(H,14,18)(H,16,19). The summed E-state index contributed by atoms with van der Waals surface area (Å²) in [4.78, 5) is 15.1. The molecule has 2 aromatic heterocycles. The van der Waals surface area contributed by atoms with Crippen molar-refractivity contribution in [2.75, 3.05) is 0 Å². The van der Waals surface area contributed by atoms with Crippen LogP contribution < -0.4 is 5.56 Å². The van der Waals surface area contributed by atoms with Crippen molar-refractivity contribution in [3.63, 3.8) is 0 Å². The second-order valence-corrected chi connectivity index (χ2v) is 5.51. The first kappa shape index (κ1) is 13.7. The summed E-state index contributed by atoms with van der Waals surface area (Å²) in [6, 6.07) is 3.87. The number of H-pyrrole nitrogens is 2. The number of nitrogens with zero attached hydrogens (tertiary/aromatic N) is 2. The van der Waals surface area contributed by atoms with Gasteiger partial charge in [-0.3, -0.25) is 14.5 Å². The minimum Gasteiger partial charge on any atom is -0.325 e. The van der Waals surface area contributed by atoms with Gasteiger partial charge in [-0.15, -0.1) is 0 Å². The molecule has 0 atom stereocenters. The van der Waals surface area contributed by atoms with Crippen molar-refractivity contribution in [1.82, 2.24) is 19.7 Å². The topological polar surface area (TPSA) is 66.5 Å². The molecule has 102 valence electrons. The van der Waals surface area contributed by atoms with Crippen LogP contribution in [0.3, 0.4) is 0 Å². The highest BCUT2D eigenvalue weighted by Gasteiger charge is 2.15. The van der Waals surface area contributed by atoms with Crippen molar-refractivity contribution < 1.29 is 0 Å². The SMILES string of the molecule is CC(C)c1ccc(-c2n[nH]c(=S)n2C(C)C)c(=O)[nH]1. The van der Waals surface area contributed by atoms with E-state index < -0.39 is 0 Å². The van der Waals surface area contributed by atoms with Gasteiger partial charge >= 0.3 is 0 Å². The van der Waals surface area contributed by atoms with Gasteiger partial charge in [0.25, 0.3) is 5.56 Å². The summed E-state index contributed by atoms with van der Waals surface area (Å²) in [6.45, 7) is 8.08. The fourth-order valence-electron chi connectivity index (χ4n) is 1.98. The van der Waals surface area contributed by atoms with Crippen molar-refractivity contribution in [2.45, 2.75) is 39.7 Å². The lowest BCUT2D eigenvalue weighted by atomic mass is 10.1. The maximum absolute atomic E-state index is 12.2. The lowest BCUT2D eigenvalue weighted by Crippen LogP contribution is -2.15. The van der Waals surface area contributed by atoms with Gasteiger partial charge in [-0.1, -0.05) is 13.8 Å². The van der Waals surface area contributed by atoms with E-state index in [-0.39, 0.29) is 17.5 Å². The molecule has 0 aliphatic carbocycles. The van der Waals surface area contributed by atoms with Gasteiger partial charge in [-0.2, -0.15) is 5.10 Å². The van der Waals surface area contributed by atoms with Gasteiger partial charge in [0, 0.05) is 11.7 Å². The predicted molar refractivity (Wildman–Crippen MR) is 77.9 cm³/mol. The molecule has 2 N–H and O–H groups in total. The Hall–Kier alpha value is -1.69. The lowest BCUT2D eigenvalue weighted by Gasteiger charge is -2.11. The fraction of sp³-hybridized carbons (Fsp3) is 0.462. The molecule has 2 heterocycles. The van der Waals surface area contributed by atoms with Crippen molar-refractivity contribution in [1.29, 1.82) is 0 Å². The molecule has 6 heteroatoms. The molecule has 0 amide bonds. The van der Waals surface area contributed by atoms with E-state index in [4.69, 9.17) is 12.2 Å². The zero-order valence-electron chi connectivity index (χ0n) is 11.5. The Morgan fingerprint density at radius 1 is 1.26 bits per heavy atom. The minimum absolute atomic E-state index is 0.137. The smallest absolute Gasteiger partial charge is 0.259 e. The van der Waals surface area contributed by atoms with Gasteiger partial charge < -0.3 is 4.98 Å². The highest BCUT2D eigenvalue weighted by atomic mass is 32.1. The van der Waals surface area contributed by atoms with Gasteiger partial charge in [0.05, 0.1) is 5.56 Å². The van der Waals surface area contributed by atoms with Crippen molar-refractivity contribution >= 4 is 12.2 Å². The summed E-state index contributed by atoms with van der Waals surface area (Å²) in [7, 11) is 0. The maximum Gasteiger partial charge on any atom is 0.259 e. The number of pyridine rings is 1. The van der Waals surface area contributed by atoms with Crippen LogP contribution in [0.25, 0.3) is 11.4 Å². The first-order chi connectivity index (χ1) is 8.91. The molecule has 5 nitrogen and oxygen atoms in total. The molecule has 0 bridgehead atoms. The molecule has 0 saturated heterocycles. The Kier molecular flexibility index (Phi) is 3.71. The second-order valence-electron chi connectivity index (χ2n) is 5.13. The molecule has 0 fully saturated rings. The number of rotatable bonds is 3. The van der Waals surface area contributed by atoms with E-state index in [0.29, 0.717) is 16.2 Å². The molecular weight excluding hydrogens is 260 g/mol. The molecule has 0 unspecified atom stereocenters. The number of aromatic nitrogens is 4. The van der Waals surface area contributed by atoms with E-state index in [9.17, 15) is 4.79 Å². The van der Waals surface area contributed by atoms with Crippen LogP contribution in [0, 0.1) is 4.77 Å². The van der Waals surface area contributed by atoms with E-state index in [1.54, 1.807) is 6.07 Å². The zero-order valence-corrected chi connectivity index (χ0v) is 12.3. The monoisotopic (exact) mass is 278 g/mol. The highest BCUT2D eigenvalue weighted by molar-refractivity contribution is 7.71. The third-order valence-electron chi connectivity index (χ3n) is 3.02. The third kappa shape index (κ3) is 2.53. The van der Waals surface area contributed by atoms with E-state index >= 15 is 0 Å². The van der Waals surface area contributed by atoms with Crippen LogP contribution in [0.4, 0.5) is 0 Å². The largest absolute Gasteiger partial charge is 0.325 e. The van der Waals surface area contributed by atoms with E-state index in [2.05, 4.69) is 15.2 Å². The molecule has 0 aliphatic heterocycles. The average molecular weight is 278 g/mol. The molecule has 0 aromatic carbocycles. The van der Waals surface area contributed by atoms with Crippen LogP contribution in [-0.4, -0.2) is 19.7 Å². The Bertz CT molecular complexity index is 693. The Labute approximate surface area is 116 Å². The van der Waals surface area contributed by atoms with Gasteiger partial charge in [0.2, 0.25) is 0 Å². The average Bonchev–Trinajstić information content (AvgIpc) is 2.70. The highest BCUT2D eigenvalue weighted by Crippen LogP contribution is 2.19. The number of nitrogens with one attached hydrogen (secondary N) is 2. The van der Waals surface area contributed by atoms with Gasteiger partial charge in [0.1, 0.15) is 0 Å². The first-order valence-electron chi connectivity index (χ1n) is 6.32. The Balaban J connectivity index is 2.61. The first-order valence-corrected chi connectivity index (χ1v) is 6.73. The van der Waals surface area contributed by atoms with Crippen LogP contribution in [0.5, 0.6) is 0 Å². The summed E-state index contributed by atoms with van der Waals surface area (Å²) >= 11 is 5.19. The molecular formula is C13H18N4OS. The fourth-order valence-corrected chi connectivity index (χ4v) is 2.32. The lowest BCUT2D eigenvalue weighted by molar-refractivity contribution is 0.596.